The number of benzene rings is 1. The zero-order chi connectivity index (χ0) is 11.8. The van der Waals surface area contributed by atoms with Crippen molar-refractivity contribution in [2.75, 3.05) is 26.0 Å². The van der Waals surface area contributed by atoms with Crippen LogP contribution in [0.2, 0.25) is 0 Å². The van der Waals surface area contributed by atoms with Crippen molar-refractivity contribution in [3.05, 3.63) is 35.9 Å². The molecule has 1 N–H and O–H groups in total. The van der Waals surface area contributed by atoms with E-state index in [2.05, 4.69) is 68.5 Å². The van der Waals surface area contributed by atoms with Crippen molar-refractivity contribution < 1.29 is 0 Å². The molecule has 1 aromatic rings. The van der Waals surface area contributed by atoms with Gasteiger partial charge in [0.05, 0.1) is 5.54 Å². The molecule has 2 heteroatoms. The fourth-order valence-corrected chi connectivity index (χ4v) is 2.24. The monoisotopic (exact) mass is 216 g/mol. The number of para-hydroxylation sites is 1. The highest BCUT2D eigenvalue weighted by Crippen LogP contribution is 2.33. The average Bonchev–Trinajstić information content (AvgIpc) is 2.14. The summed E-state index contributed by atoms with van der Waals surface area (Å²) in [5, 5.41) is 3.54. The summed E-state index contributed by atoms with van der Waals surface area (Å²) in [5.41, 5.74) is 4.02. The van der Waals surface area contributed by atoms with Crippen LogP contribution in [-0.4, -0.2) is 31.1 Å². The molecule has 2 nitrogen and oxygen atoms in total. The Morgan fingerprint density at radius 1 is 1.19 bits per heavy atom. The lowest BCUT2D eigenvalue weighted by atomic mass is 9.90. The summed E-state index contributed by atoms with van der Waals surface area (Å²) in [6.45, 7) is 5.40. The molecule has 0 saturated carbocycles. The second kappa shape index (κ2) is 3.95. The Labute approximate surface area is 98.0 Å². The summed E-state index contributed by atoms with van der Waals surface area (Å²) in [5.74, 6) is 0. The second-order valence-electron chi connectivity index (χ2n) is 5.30. The first kappa shape index (κ1) is 11.2. The van der Waals surface area contributed by atoms with Crippen molar-refractivity contribution in [1.29, 1.82) is 0 Å². The molecule has 0 radical (unpaired) electrons. The Balaban J connectivity index is 2.43. The smallest absolute Gasteiger partial charge is 0.0506 e. The molecule has 0 saturated heterocycles. The zero-order valence-corrected chi connectivity index (χ0v) is 10.5. The molecule has 0 unspecified atom stereocenters. The lowest BCUT2D eigenvalue weighted by molar-refractivity contribution is 0.461. The van der Waals surface area contributed by atoms with Crippen molar-refractivity contribution in [1.82, 2.24) is 4.90 Å². The van der Waals surface area contributed by atoms with Crippen LogP contribution in [0.1, 0.15) is 19.4 Å². The summed E-state index contributed by atoms with van der Waals surface area (Å²) in [4.78, 5) is 2.21. The van der Waals surface area contributed by atoms with Crippen molar-refractivity contribution >= 4 is 11.3 Å². The molecule has 0 atom stereocenters. The maximum absolute atomic E-state index is 3.54. The topological polar surface area (TPSA) is 15.3 Å². The summed E-state index contributed by atoms with van der Waals surface area (Å²) in [6, 6.07) is 8.52. The third-order valence-electron chi connectivity index (χ3n) is 2.75. The molecule has 86 valence electrons. The van der Waals surface area contributed by atoms with E-state index < -0.39 is 0 Å². The van der Waals surface area contributed by atoms with Gasteiger partial charge in [-0.15, -0.1) is 0 Å². The number of nitrogens with zero attached hydrogens (tertiary/aromatic N) is 1. The fourth-order valence-electron chi connectivity index (χ4n) is 2.24. The van der Waals surface area contributed by atoms with Gasteiger partial charge in [0, 0.05) is 17.8 Å². The highest BCUT2D eigenvalue weighted by Gasteiger charge is 2.23. The largest absolute Gasteiger partial charge is 0.376 e. The molecule has 0 fully saturated rings. The van der Waals surface area contributed by atoms with Crippen LogP contribution < -0.4 is 5.32 Å². The number of anilines is 1. The van der Waals surface area contributed by atoms with Gasteiger partial charge in [0.2, 0.25) is 0 Å². The average molecular weight is 216 g/mol. The van der Waals surface area contributed by atoms with Crippen molar-refractivity contribution in [2.45, 2.75) is 19.4 Å². The van der Waals surface area contributed by atoms with Crippen LogP contribution in [-0.2, 0) is 0 Å². The molecule has 0 aliphatic carbocycles. The summed E-state index contributed by atoms with van der Waals surface area (Å²) >= 11 is 0. The van der Waals surface area contributed by atoms with E-state index in [1.807, 2.05) is 0 Å². The van der Waals surface area contributed by atoms with E-state index in [9.17, 15) is 0 Å². The quantitative estimate of drug-likeness (QED) is 0.817. The maximum Gasteiger partial charge on any atom is 0.0506 e. The minimum atomic E-state index is 0.0414. The molecule has 1 aliphatic rings. The SMILES string of the molecule is CN(C)CC1=CC(C)(C)Nc2ccccc21. The first-order valence-electron chi connectivity index (χ1n) is 5.72. The zero-order valence-electron chi connectivity index (χ0n) is 10.5. The predicted octanol–water partition coefficient (Wildman–Crippen LogP) is 2.84. The Kier molecular flexibility index (Phi) is 2.76. The van der Waals surface area contributed by atoms with E-state index in [0.717, 1.165) is 6.54 Å². The molecule has 2 rings (SSSR count). The first-order chi connectivity index (χ1) is 7.48. The number of fused-ring (bicyclic) bond motifs is 1. The molecule has 1 aliphatic heterocycles. The molecule has 1 aromatic carbocycles. The molecular formula is C14H20N2. The van der Waals surface area contributed by atoms with Crippen LogP contribution >= 0.6 is 0 Å². The van der Waals surface area contributed by atoms with Gasteiger partial charge >= 0.3 is 0 Å². The minimum absolute atomic E-state index is 0.0414. The standard InChI is InChI=1S/C14H20N2/c1-14(2)9-11(10-16(3)4)12-7-5-6-8-13(12)15-14/h5-9,15H,10H2,1-4H3. The Morgan fingerprint density at radius 2 is 1.88 bits per heavy atom. The van der Waals surface area contributed by atoms with E-state index in [1.54, 1.807) is 0 Å². The van der Waals surface area contributed by atoms with E-state index in [1.165, 1.54) is 16.8 Å². The molecule has 1 heterocycles. The van der Waals surface area contributed by atoms with Gasteiger partial charge in [0.25, 0.3) is 0 Å². The van der Waals surface area contributed by atoms with Crippen molar-refractivity contribution in [2.24, 2.45) is 0 Å². The van der Waals surface area contributed by atoms with Gasteiger partial charge in [-0.3, -0.25) is 0 Å². The third-order valence-corrected chi connectivity index (χ3v) is 2.75. The summed E-state index contributed by atoms with van der Waals surface area (Å²) < 4.78 is 0. The Hall–Kier alpha value is -1.28. The van der Waals surface area contributed by atoms with Crippen LogP contribution in [0.4, 0.5) is 5.69 Å². The molecule has 16 heavy (non-hydrogen) atoms. The van der Waals surface area contributed by atoms with Gasteiger partial charge in [-0.25, -0.2) is 0 Å². The second-order valence-corrected chi connectivity index (χ2v) is 5.30. The van der Waals surface area contributed by atoms with E-state index in [4.69, 9.17) is 0 Å². The van der Waals surface area contributed by atoms with Gasteiger partial charge in [-0.2, -0.15) is 0 Å². The van der Waals surface area contributed by atoms with E-state index >= 15 is 0 Å². The highest BCUT2D eigenvalue weighted by molar-refractivity contribution is 5.81. The number of hydrogen-bond acceptors (Lipinski definition) is 2. The predicted molar refractivity (Wildman–Crippen MR) is 70.7 cm³/mol. The Bertz CT molecular complexity index is 416. The third kappa shape index (κ3) is 2.27. The van der Waals surface area contributed by atoms with E-state index in [-0.39, 0.29) is 5.54 Å². The normalized spacial score (nSPS) is 17.7. The molecule has 0 spiro atoms. The van der Waals surface area contributed by atoms with Gasteiger partial charge in [-0.1, -0.05) is 24.3 Å². The summed E-state index contributed by atoms with van der Waals surface area (Å²) in [7, 11) is 4.22. The number of rotatable bonds is 2. The maximum atomic E-state index is 3.54. The number of nitrogens with one attached hydrogen (secondary N) is 1. The molecule has 0 aromatic heterocycles. The molecular weight excluding hydrogens is 196 g/mol. The van der Waals surface area contributed by atoms with Crippen LogP contribution in [0, 0.1) is 0 Å². The molecule has 0 bridgehead atoms. The lowest BCUT2D eigenvalue weighted by Gasteiger charge is -2.33. The van der Waals surface area contributed by atoms with Crippen molar-refractivity contribution in [3.8, 4) is 0 Å². The van der Waals surface area contributed by atoms with Crippen LogP contribution in [0.15, 0.2) is 30.3 Å². The van der Waals surface area contributed by atoms with Gasteiger partial charge in [0.1, 0.15) is 0 Å². The van der Waals surface area contributed by atoms with Crippen LogP contribution in [0.3, 0.4) is 0 Å². The van der Waals surface area contributed by atoms with Crippen LogP contribution in [0.25, 0.3) is 5.57 Å². The Morgan fingerprint density at radius 3 is 2.56 bits per heavy atom. The number of likely N-dealkylation sites (N-methyl/N-ethyl adjacent to an activating group) is 1. The van der Waals surface area contributed by atoms with E-state index in [0.29, 0.717) is 0 Å². The first-order valence-corrected chi connectivity index (χ1v) is 5.72. The van der Waals surface area contributed by atoms with Gasteiger partial charge in [-0.05, 0) is 39.6 Å². The summed E-state index contributed by atoms with van der Waals surface area (Å²) in [6.07, 6.45) is 2.33. The molecule has 0 amide bonds. The lowest BCUT2D eigenvalue weighted by Crippen LogP contribution is -2.33. The van der Waals surface area contributed by atoms with Gasteiger partial charge in [0.15, 0.2) is 0 Å². The fraction of sp³-hybridized carbons (Fsp3) is 0.429. The van der Waals surface area contributed by atoms with Gasteiger partial charge < -0.3 is 10.2 Å². The minimum Gasteiger partial charge on any atom is -0.376 e. The van der Waals surface area contributed by atoms with Crippen molar-refractivity contribution in [3.63, 3.8) is 0 Å². The van der Waals surface area contributed by atoms with Crippen LogP contribution in [0.5, 0.6) is 0 Å². The highest BCUT2D eigenvalue weighted by atomic mass is 15.1. The number of hydrogen-bond donors (Lipinski definition) is 1.